The quantitative estimate of drug-likeness (QED) is 0.900. The van der Waals surface area contributed by atoms with Gasteiger partial charge in [0.1, 0.15) is 0 Å². The van der Waals surface area contributed by atoms with Crippen molar-refractivity contribution in [2.75, 3.05) is 6.54 Å². The van der Waals surface area contributed by atoms with Gasteiger partial charge < -0.3 is 11.1 Å². The monoisotopic (exact) mass is 312 g/mol. The Bertz CT molecular complexity index is 341. The number of nitrogens with one attached hydrogen (secondary N) is 1. The topological polar surface area (TPSA) is 55.1 Å². The van der Waals surface area contributed by atoms with E-state index < -0.39 is 0 Å². The zero-order valence-electron chi connectivity index (χ0n) is 8.54. The summed E-state index contributed by atoms with van der Waals surface area (Å²) in [4.78, 5) is 12.3. The van der Waals surface area contributed by atoms with Gasteiger partial charge >= 0.3 is 0 Å². The third-order valence-electron chi connectivity index (χ3n) is 1.76. The van der Waals surface area contributed by atoms with Crippen molar-refractivity contribution < 1.29 is 4.79 Å². The predicted octanol–water partition coefficient (Wildman–Crippen LogP) is 2.40. The molecule has 0 aliphatic carbocycles. The van der Waals surface area contributed by atoms with Crippen LogP contribution in [0.15, 0.2) is 15.9 Å². The molecule has 0 radical (unpaired) electrons. The second-order valence-electron chi connectivity index (χ2n) is 3.65. The van der Waals surface area contributed by atoms with E-state index in [1.807, 2.05) is 19.9 Å². The highest BCUT2D eigenvalue weighted by molar-refractivity contribution is 9.11. The van der Waals surface area contributed by atoms with E-state index in [-0.39, 0.29) is 23.9 Å². The van der Waals surface area contributed by atoms with Gasteiger partial charge in [-0.1, -0.05) is 0 Å². The number of amides is 1. The first-order valence-corrected chi connectivity index (χ1v) is 5.83. The molecule has 86 valence electrons. The van der Waals surface area contributed by atoms with Crippen molar-refractivity contribution in [2.24, 2.45) is 5.73 Å². The lowest BCUT2D eigenvalue weighted by Crippen LogP contribution is -2.48. The molecule has 0 aliphatic heterocycles. The Morgan fingerprint density at radius 1 is 1.60 bits per heavy atom. The molecule has 0 aliphatic rings. The summed E-state index contributed by atoms with van der Waals surface area (Å²) in [6.07, 6.45) is 0. The van der Waals surface area contributed by atoms with Crippen molar-refractivity contribution in [3.8, 4) is 0 Å². The minimum absolute atomic E-state index is 0. The number of carbonyl (C=O) groups is 1. The van der Waals surface area contributed by atoms with Crippen LogP contribution in [0, 0.1) is 0 Å². The maximum absolute atomic E-state index is 11.7. The molecule has 0 fully saturated rings. The van der Waals surface area contributed by atoms with Gasteiger partial charge in [-0.15, -0.1) is 23.7 Å². The van der Waals surface area contributed by atoms with Gasteiger partial charge in [0.2, 0.25) is 0 Å². The van der Waals surface area contributed by atoms with E-state index in [0.717, 1.165) is 3.79 Å². The van der Waals surface area contributed by atoms with Crippen molar-refractivity contribution in [3.05, 3.63) is 20.8 Å². The Hall–Kier alpha value is -0.100. The Morgan fingerprint density at radius 3 is 2.60 bits per heavy atom. The van der Waals surface area contributed by atoms with Crippen LogP contribution in [0.2, 0.25) is 0 Å². The summed E-state index contributed by atoms with van der Waals surface area (Å²) >= 11 is 4.72. The Kier molecular flexibility index (Phi) is 5.80. The van der Waals surface area contributed by atoms with Gasteiger partial charge in [0, 0.05) is 12.1 Å². The number of hydrogen-bond donors (Lipinski definition) is 2. The minimum Gasteiger partial charge on any atom is -0.345 e. The summed E-state index contributed by atoms with van der Waals surface area (Å²) in [5.74, 6) is -0.0730. The molecule has 1 aromatic rings. The fourth-order valence-electron chi connectivity index (χ4n) is 0.856. The second-order valence-corrected chi connectivity index (χ2v) is 6.11. The molecule has 6 heteroatoms. The SMILES string of the molecule is CC(C)(CN)NC(=O)c1ccc(Br)s1.Cl. The first-order chi connectivity index (χ1) is 6.44. The van der Waals surface area contributed by atoms with Crippen LogP contribution in [0.5, 0.6) is 0 Å². The fourth-order valence-corrected chi connectivity index (χ4v) is 2.14. The van der Waals surface area contributed by atoms with E-state index in [1.54, 1.807) is 6.07 Å². The molecule has 0 saturated carbocycles. The molecule has 0 aromatic carbocycles. The smallest absolute Gasteiger partial charge is 0.261 e. The number of halogens is 2. The van der Waals surface area contributed by atoms with Crippen LogP contribution in [-0.2, 0) is 0 Å². The lowest BCUT2D eigenvalue weighted by molar-refractivity contribution is 0.0920. The average Bonchev–Trinajstić information content (AvgIpc) is 2.51. The highest BCUT2D eigenvalue weighted by atomic mass is 79.9. The Morgan fingerprint density at radius 2 is 2.20 bits per heavy atom. The molecule has 0 unspecified atom stereocenters. The lowest BCUT2D eigenvalue weighted by atomic mass is 10.1. The molecule has 3 nitrogen and oxygen atoms in total. The van der Waals surface area contributed by atoms with E-state index >= 15 is 0 Å². The fraction of sp³-hybridized carbons (Fsp3) is 0.444. The van der Waals surface area contributed by atoms with Crippen molar-refractivity contribution in [1.82, 2.24) is 5.32 Å². The minimum atomic E-state index is -0.354. The predicted molar refractivity (Wildman–Crippen MR) is 69.9 cm³/mol. The molecule has 3 N–H and O–H groups in total. The van der Waals surface area contributed by atoms with Gasteiger partial charge in [-0.3, -0.25) is 4.79 Å². The van der Waals surface area contributed by atoms with Gasteiger partial charge in [-0.05, 0) is 41.9 Å². The average molecular weight is 314 g/mol. The van der Waals surface area contributed by atoms with Gasteiger partial charge in [0.05, 0.1) is 8.66 Å². The third-order valence-corrected chi connectivity index (χ3v) is 3.38. The van der Waals surface area contributed by atoms with Crippen LogP contribution >= 0.6 is 39.7 Å². The molecule has 0 bridgehead atoms. The summed E-state index contributed by atoms with van der Waals surface area (Å²) < 4.78 is 0.952. The summed E-state index contributed by atoms with van der Waals surface area (Å²) in [5, 5.41) is 2.86. The maximum Gasteiger partial charge on any atom is 0.261 e. The number of carbonyl (C=O) groups excluding carboxylic acids is 1. The molecule has 1 rings (SSSR count). The summed E-state index contributed by atoms with van der Waals surface area (Å²) in [7, 11) is 0. The number of hydrogen-bond acceptors (Lipinski definition) is 3. The van der Waals surface area contributed by atoms with Crippen LogP contribution in [0.1, 0.15) is 23.5 Å². The lowest BCUT2D eigenvalue weighted by Gasteiger charge is -2.23. The molecule has 0 saturated heterocycles. The number of thiophene rings is 1. The van der Waals surface area contributed by atoms with Crippen LogP contribution in [0.4, 0.5) is 0 Å². The largest absolute Gasteiger partial charge is 0.345 e. The van der Waals surface area contributed by atoms with E-state index in [2.05, 4.69) is 21.2 Å². The normalized spacial score (nSPS) is 10.7. The van der Waals surface area contributed by atoms with Gasteiger partial charge in [0.15, 0.2) is 0 Å². The molecule has 1 amide bonds. The van der Waals surface area contributed by atoms with Crippen molar-refractivity contribution >= 4 is 45.6 Å². The van der Waals surface area contributed by atoms with Crippen molar-refractivity contribution in [1.29, 1.82) is 0 Å². The maximum atomic E-state index is 11.7. The van der Waals surface area contributed by atoms with Crippen molar-refractivity contribution in [2.45, 2.75) is 19.4 Å². The molecule has 0 spiro atoms. The first kappa shape index (κ1) is 14.9. The van der Waals surface area contributed by atoms with E-state index in [1.165, 1.54) is 11.3 Å². The van der Waals surface area contributed by atoms with Crippen LogP contribution < -0.4 is 11.1 Å². The second kappa shape index (κ2) is 5.84. The Labute approximate surface area is 108 Å². The third kappa shape index (κ3) is 4.51. The zero-order valence-corrected chi connectivity index (χ0v) is 11.8. The number of nitrogens with two attached hydrogens (primary N) is 1. The molecule has 1 aromatic heterocycles. The van der Waals surface area contributed by atoms with E-state index in [4.69, 9.17) is 5.73 Å². The van der Waals surface area contributed by atoms with E-state index in [9.17, 15) is 4.79 Å². The molecular weight excluding hydrogens is 300 g/mol. The zero-order chi connectivity index (χ0) is 10.8. The van der Waals surface area contributed by atoms with Crippen LogP contribution in [-0.4, -0.2) is 18.0 Å². The van der Waals surface area contributed by atoms with Gasteiger partial charge in [0.25, 0.3) is 5.91 Å². The van der Waals surface area contributed by atoms with E-state index in [0.29, 0.717) is 11.4 Å². The number of rotatable bonds is 3. The molecule has 0 atom stereocenters. The summed E-state index contributed by atoms with van der Waals surface area (Å²) in [6, 6.07) is 3.64. The highest BCUT2D eigenvalue weighted by Gasteiger charge is 2.19. The van der Waals surface area contributed by atoms with Crippen molar-refractivity contribution in [3.63, 3.8) is 0 Å². The van der Waals surface area contributed by atoms with Gasteiger partial charge in [-0.2, -0.15) is 0 Å². The Balaban J connectivity index is 0.00000196. The van der Waals surface area contributed by atoms with Crippen LogP contribution in [0.25, 0.3) is 0 Å². The van der Waals surface area contributed by atoms with Gasteiger partial charge in [-0.25, -0.2) is 0 Å². The highest BCUT2D eigenvalue weighted by Crippen LogP contribution is 2.22. The summed E-state index contributed by atoms with van der Waals surface area (Å²) in [5.41, 5.74) is 5.16. The van der Waals surface area contributed by atoms with Crippen LogP contribution in [0.3, 0.4) is 0 Å². The first-order valence-electron chi connectivity index (χ1n) is 4.22. The molecule has 15 heavy (non-hydrogen) atoms. The molecule has 1 heterocycles. The summed E-state index contributed by atoms with van der Waals surface area (Å²) in [6.45, 7) is 4.21. The standard InChI is InChI=1S/C9H13BrN2OS.ClH/c1-9(2,5-11)12-8(13)6-3-4-7(10)14-6;/h3-4H,5,11H2,1-2H3,(H,12,13);1H. The molecular formula is C9H14BrClN2OS.